The van der Waals surface area contributed by atoms with Crippen LogP contribution in [-0.4, -0.2) is 81.6 Å². The van der Waals surface area contributed by atoms with Crippen LogP contribution in [0.3, 0.4) is 0 Å². The van der Waals surface area contributed by atoms with Crippen molar-refractivity contribution in [3.8, 4) is 0 Å². The first-order valence-electron chi connectivity index (χ1n) is 11.7. The Hall–Kier alpha value is -2.80. The number of carbonyl (C=O) groups excluding carboxylic acids is 3. The van der Waals surface area contributed by atoms with Crippen LogP contribution in [-0.2, 0) is 23.0 Å². The van der Waals surface area contributed by atoms with Crippen LogP contribution in [0.2, 0.25) is 0 Å². The number of fused-ring (bicyclic) bond motifs is 1. The summed E-state index contributed by atoms with van der Waals surface area (Å²) in [4.78, 5) is 42.6. The second-order valence-electron chi connectivity index (χ2n) is 9.01. The maximum absolute atomic E-state index is 13.1. The Balaban J connectivity index is 1.85. The van der Waals surface area contributed by atoms with Gasteiger partial charge in [0.1, 0.15) is 5.00 Å². The van der Waals surface area contributed by atoms with Crippen LogP contribution in [0.15, 0.2) is 29.2 Å². The molecular formula is C24H33N5O5S2. The standard InChI is InChI=1S/C24H33N5O5S2/c1-6-7-13-29(5)36(33,34)17-10-8-16(9-11-17)21(30)25-23-20(22(31)26-24(32)27(2)3)18-12-14-28(4)15-19(18)35-23/h8-11H,6-7,12-15H2,1-5H3,(H,25,30)(H,26,31,32). The van der Waals surface area contributed by atoms with Gasteiger partial charge in [0.15, 0.2) is 0 Å². The molecule has 0 saturated carbocycles. The molecule has 0 atom stereocenters. The minimum absolute atomic E-state index is 0.106. The molecule has 36 heavy (non-hydrogen) atoms. The van der Waals surface area contributed by atoms with Crippen molar-refractivity contribution in [2.24, 2.45) is 0 Å². The topological polar surface area (TPSA) is 119 Å². The van der Waals surface area contributed by atoms with Crippen molar-refractivity contribution < 1.29 is 22.8 Å². The number of hydrogen-bond donors (Lipinski definition) is 2. The summed E-state index contributed by atoms with van der Waals surface area (Å²) in [6.45, 7) is 3.79. The quantitative estimate of drug-likeness (QED) is 0.537. The number of hydrogen-bond acceptors (Lipinski definition) is 7. The lowest BCUT2D eigenvalue weighted by molar-refractivity contribution is 0.0956. The van der Waals surface area contributed by atoms with E-state index in [4.69, 9.17) is 0 Å². The summed E-state index contributed by atoms with van der Waals surface area (Å²) in [5, 5.41) is 5.53. The number of rotatable bonds is 8. The Morgan fingerprint density at radius 3 is 2.36 bits per heavy atom. The molecule has 1 aliphatic rings. The van der Waals surface area contributed by atoms with Crippen LogP contribution in [0.25, 0.3) is 0 Å². The zero-order valence-corrected chi connectivity index (χ0v) is 22.9. The van der Waals surface area contributed by atoms with Gasteiger partial charge >= 0.3 is 6.03 Å². The highest BCUT2D eigenvalue weighted by molar-refractivity contribution is 7.89. The van der Waals surface area contributed by atoms with Crippen molar-refractivity contribution >= 4 is 44.2 Å². The molecule has 0 fully saturated rings. The Morgan fingerprint density at radius 1 is 1.08 bits per heavy atom. The average molecular weight is 536 g/mol. The zero-order valence-electron chi connectivity index (χ0n) is 21.3. The lowest BCUT2D eigenvalue weighted by Crippen LogP contribution is -2.39. The van der Waals surface area contributed by atoms with E-state index < -0.39 is 27.9 Å². The number of anilines is 1. The van der Waals surface area contributed by atoms with Gasteiger partial charge in [0.2, 0.25) is 10.0 Å². The van der Waals surface area contributed by atoms with Gasteiger partial charge in [0.05, 0.1) is 10.5 Å². The molecule has 0 aliphatic carbocycles. The molecule has 2 N–H and O–H groups in total. The predicted molar refractivity (Wildman–Crippen MR) is 140 cm³/mol. The van der Waals surface area contributed by atoms with E-state index in [1.54, 1.807) is 0 Å². The first kappa shape index (κ1) is 27.8. The zero-order chi connectivity index (χ0) is 26.6. The van der Waals surface area contributed by atoms with E-state index in [2.05, 4.69) is 15.5 Å². The van der Waals surface area contributed by atoms with Crippen molar-refractivity contribution in [1.82, 2.24) is 19.4 Å². The van der Waals surface area contributed by atoms with E-state index in [0.29, 0.717) is 30.1 Å². The van der Waals surface area contributed by atoms with Crippen LogP contribution < -0.4 is 10.6 Å². The molecule has 12 heteroatoms. The largest absolute Gasteiger partial charge is 0.331 e. The van der Waals surface area contributed by atoms with Gasteiger partial charge in [-0.15, -0.1) is 11.3 Å². The number of amides is 4. The highest BCUT2D eigenvalue weighted by Crippen LogP contribution is 2.37. The van der Waals surface area contributed by atoms with Crippen molar-refractivity contribution in [2.45, 2.75) is 37.6 Å². The summed E-state index contributed by atoms with van der Waals surface area (Å²) in [6, 6.07) is 5.17. The smallest absolute Gasteiger partial charge is 0.323 e. The van der Waals surface area contributed by atoms with Crippen molar-refractivity contribution in [2.75, 3.05) is 46.6 Å². The molecule has 0 bridgehead atoms. The van der Waals surface area contributed by atoms with Gasteiger partial charge < -0.3 is 15.1 Å². The number of unbranched alkanes of at least 4 members (excludes halogenated alkanes) is 1. The molecule has 2 heterocycles. The van der Waals surface area contributed by atoms with E-state index in [1.165, 1.54) is 66.0 Å². The highest BCUT2D eigenvalue weighted by atomic mass is 32.2. The number of nitrogens with zero attached hydrogens (tertiary/aromatic N) is 3. The maximum atomic E-state index is 13.1. The minimum Gasteiger partial charge on any atom is -0.331 e. The number of sulfonamides is 1. The van der Waals surface area contributed by atoms with E-state index in [-0.39, 0.29) is 10.5 Å². The summed E-state index contributed by atoms with van der Waals surface area (Å²) in [7, 11) is 2.94. The molecule has 3 rings (SSSR count). The summed E-state index contributed by atoms with van der Waals surface area (Å²) in [5.41, 5.74) is 1.38. The van der Waals surface area contributed by atoms with E-state index >= 15 is 0 Å². The highest BCUT2D eigenvalue weighted by Gasteiger charge is 2.29. The van der Waals surface area contributed by atoms with Crippen molar-refractivity contribution in [1.29, 1.82) is 0 Å². The number of urea groups is 1. The predicted octanol–water partition coefficient (Wildman–Crippen LogP) is 2.82. The molecule has 0 saturated heterocycles. The normalized spacial score (nSPS) is 13.8. The third kappa shape index (κ3) is 6.12. The lowest BCUT2D eigenvalue weighted by Gasteiger charge is -2.22. The molecule has 1 aromatic carbocycles. The number of benzene rings is 1. The Bertz CT molecular complexity index is 1240. The van der Waals surface area contributed by atoms with Crippen molar-refractivity contribution in [3.05, 3.63) is 45.8 Å². The van der Waals surface area contributed by atoms with E-state index in [9.17, 15) is 22.8 Å². The van der Waals surface area contributed by atoms with Gasteiger partial charge in [-0.25, -0.2) is 17.5 Å². The van der Waals surface area contributed by atoms with Gasteiger partial charge in [0, 0.05) is 51.2 Å². The first-order chi connectivity index (χ1) is 16.9. The Kier molecular flexibility index (Phi) is 8.88. The van der Waals surface area contributed by atoms with Crippen LogP contribution >= 0.6 is 11.3 Å². The van der Waals surface area contributed by atoms with Crippen LogP contribution in [0.4, 0.5) is 9.80 Å². The third-order valence-corrected chi connectivity index (χ3v) is 8.98. The van der Waals surface area contributed by atoms with Gasteiger partial charge in [-0.3, -0.25) is 14.9 Å². The second kappa shape index (κ2) is 11.5. The monoisotopic (exact) mass is 535 g/mol. The number of carbonyl (C=O) groups is 3. The Morgan fingerprint density at radius 2 is 1.75 bits per heavy atom. The molecule has 1 aliphatic heterocycles. The molecule has 2 aromatic rings. The molecule has 4 amide bonds. The number of thiophene rings is 1. The number of imide groups is 1. The minimum atomic E-state index is -3.65. The second-order valence-corrected chi connectivity index (χ2v) is 12.2. The molecule has 0 radical (unpaired) electrons. The third-order valence-electron chi connectivity index (χ3n) is 5.98. The molecule has 0 spiro atoms. The molecule has 1 aromatic heterocycles. The molecule has 10 nitrogen and oxygen atoms in total. The molecular weight excluding hydrogens is 502 g/mol. The lowest BCUT2D eigenvalue weighted by atomic mass is 10.0. The molecule has 0 unspecified atom stereocenters. The first-order valence-corrected chi connectivity index (χ1v) is 13.9. The Labute approximate surface area is 216 Å². The van der Waals surface area contributed by atoms with Crippen LogP contribution in [0, 0.1) is 0 Å². The maximum Gasteiger partial charge on any atom is 0.323 e. The van der Waals surface area contributed by atoms with Gasteiger partial charge in [-0.1, -0.05) is 13.3 Å². The number of likely N-dealkylation sites (N-methyl/N-ethyl adjacent to an activating group) is 1. The molecule has 196 valence electrons. The van der Waals surface area contributed by atoms with Gasteiger partial charge in [0.25, 0.3) is 11.8 Å². The fraction of sp³-hybridized carbons (Fsp3) is 0.458. The fourth-order valence-corrected chi connectivity index (χ4v) is 6.30. The summed E-state index contributed by atoms with van der Waals surface area (Å²) >= 11 is 1.31. The SMILES string of the molecule is CCCCN(C)S(=O)(=O)c1ccc(C(=O)Nc2sc3c(c2C(=O)NC(=O)N(C)C)CCN(C)C3)cc1. The summed E-state index contributed by atoms with van der Waals surface area (Å²) in [5.74, 6) is -1.04. The fourth-order valence-electron chi connectivity index (χ4n) is 3.77. The van der Waals surface area contributed by atoms with E-state index in [1.807, 2.05) is 14.0 Å². The summed E-state index contributed by atoms with van der Waals surface area (Å²) < 4.78 is 26.8. The number of nitrogens with one attached hydrogen (secondary N) is 2. The average Bonchev–Trinajstić information content (AvgIpc) is 3.18. The van der Waals surface area contributed by atoms with Crippen molar-refractivity contribution in [3.63, 3.8) is 0 Å². The van der Waals surface area contributed by atoms with Crippen LogP contribution in [0.5, 0.6) is 0 Å². The van der Waals surface area contributed by atoms with Gasteiger partial charge in [-0.2, -0.15) is 0 Å². The summed E-state index contributed by atoms with van der Waals surface area (Å²) in [6.07, 6.45) is 2.26. The van der Waals surface area contributed by atoms with E-state index in [0.717, 1.165) is 29.8 Å². The van der Waals surface area contributed by atoms with Gasteiger partial charge in [-0.05, 0) is 49.7 Å². The van der Waals surface area contributed by atoms with Crippen LogP contribution in [0.1, 0.15) is 50.9 Å².